The Labute approximate surface area is 154 Å². The maximum absolute atomic E-state index is 12.4. The number of benzene rings is 2. The summed E-state index contributed by atoms with van der Waals surface area (Å²) in [4.78, 5) is 24.6. The van der Waals surface area contributed by atoms with Crippen LogP contribution in [0, 0.1) is 5.41 Å². The second-order valence-electron chi connectivity index (χ2n) is 6.63. The van der Waals surface area contributed by atoms with Gasteiger partial charge in [0.1, 0.15) is 17.8 Å². The van der Waals surface area contributed by atoms with Crippen LogP contribution in [0.15, 0.2) is 54.6 Å². The highest BCUT2D eigenvalue weighted by molar-refractivity contribution is 6.09. The molecule has 138 valence electrons. The molecule has 0 radical (unpaired) electrons. The normalized spacial score (nSPS) is 10.9. The number of nitrogens with one attached hydrogen (secondary N) is 2. The summed E-state index contributed by atoms with van der Waals surface area (Å²) in [6.45, 7) is 6.24. The van der Waals surface area contributed by atoms with Gasteiger partial charge in [-0.05, 0) is 50.1 Å². The lowest BCUT2D eigenvalue weighted by Gasteiger charge is -2.22. The van der Waals surface area contributed by atoms with Crippen LogP contribution in [-0.4, -0.2) is 18.4 Å². The molecule has 0 aromatic heterocycles. The molecular weight excluding hydrogens is 328 g/mol. The van der Waals surface area contributed by atoms with E-state index in [0.717, 1.165) is 12.0 Å². The Bertz CT molecular complexity index is 725. The molecular formula is C21H26N2O3. The lowest BCUT2D eigenvalue weighted by Crippen LogP contribution is -2.45. The molecule has 0 saturated carbocycles. The highest BCUT2D eigenvalue weighted by Gasteiger charge is 2.35. The number of carbonyl (C=O) groups excluding carboxylic acids is 2. The molecule has 0 aliphatic rings. The van der Waals surface area contributed by atoms with Gasteiger partial charge in [-0.1, -0.05) is 37.3 Å². The zero-order chi connectivity index (χ0) is 19.0. The number of carbonyl (C=O) groups is 2. The van der Waals surface area contributed by atoms with Crippen LogP contribution < -0.4 is 15.4 Å². The average molecular weight is 354 g/mol. The number of hydrogen-bond donors (Lipinski definition) is 2. The maximum atomic E-state index is 12.4. The van der Waals surface area contributed by atoms with E-state index >= 15 is 0 Å². The Morgan fingerprint density at radius 2 is 1.62 bits per heavy atom. The van der Waals surface area contributed by atoms with Crippen molar-refractivity contribution in [2.24, 2.45) is 5.41 Å². The number of hydrogen-bond acceptors (Lipinski definition) is 3. The lowest BCUT2D eigenvalue weighted by molar-refractivity contribution is -0.138. The molecule has 2 rings (SSSR count). The van der Waals surface area contributed by atoms with Crippen LogP contribution >= 0.6 is 0 Å². The Kier molecular flexibility index (Phi) is 6.78. The van der Waals surface area contributed by atoms with Crippen molar-refractivity contribution in [2.45, 2.75) is 33.8 Å². The van der Waals surface area contributed by atoms with Crippen LogP contribution in [0.25, 0.3) is 0 Å². The number of amides is 2. The molecule has 0 saturated heterocycles. The summed E-state index contributed by atoms with van der Waals surface area (Å²) in [5.41, 5.74) is 0.570. The molecule has 0 spiro atoms. The molecule has 5 heteroatoms. The largest absolute Gasteiger partial charge is 0.489 e. The van der Waals surface area contributed by atoms with E-state index in [9.17, 15) is 9.59 Å². The van der Waals surface area contributed by atoms with Crippen molar-refractivity contribution in [3.05, 3.63) is 60.2 Å². The fraction of sp³-hybridized carbons (Fsp3) is 0.333. The van der Waals surface area contributed by atoms with E-state index < -0.39 is 5.41 Å². The second kappa shape index (κ2) is 9.04. The van der Waals surface area contributed by atoms with Gasteiger partial charge in [0.2, 0.25) is 11.8 Å². The molecule has 2 amide bonds. The van der Waals surface area contributed by atoms with E-state index in [2.05, 4.69) is 10.6 Å². The first-order chi connectivity index (χ1) is 12.4. The summed E-state index contributed by atoms with van der Waals surface area (Å²) in [7, 11) is 0. The van der Waals surface area contributed by atoms with E-state index in [4.69, 9.17) is 4.74 Å². The fourth-order valence-electron chi connectivity index (χ4n) is 2.23. The molecule has 2 N–H and O–H groups in total. The highest BCUT2D eigenvalue weighted by atomic mass is 16.5. The zero-order valence-electron chi connectivity index (χ0n) is 15.5. The van der Waals surface area contributed by atoms with Gasteiger partial charge in [-0.2, -0.15) is 0 Å². The van der Waals surface area contributed by atoms with Crippen LogP contribution in [0.2, 0.25) is 0 Å². The van der Waals surface area contributed by atoms with Gasteiger partial charge in [0.25, 0.3) is 0 Å². The van der Waals surface area contributed by atoms with Crippen molar-refractivity contribution in [2.75, 3.05) is 11.9 Å². The number of ether oxygens (including phenoxy) is 1. The molecule has 0 aliphatic heterocycles. The summed E-state index contributed by atoms with van der Waals surface area (Å²) in [5, 5.41) is 5.55. The summed E-state index contributed by atoms with van der Waals surface area (Å²) >= 11 is 0. The minimum absolute atomic E-state index is 0.278. The van der Waals surface area contributed by atoms with Gasteiger partial charge in [-0.3, -0.25) is 9.59 Å². The molecule has 2 aromatic rings. The van der Waals surface area contributed by atoms with Crippen LogP contribution in [0.5, 0.6) is 5.75 Å². The van der Waals surface area contributed by atoms with Gasteiger partial charge in [0, 0.05) is 12.2 Å². The van der Waals surface area contributed by atoms with Gasteiger partial charge in [0.15, 0.2) is 0 Å². The van der Waals surface area contributed by atoms with Gasteiger partial charge >= 0.3 is 0 Å². The standard InChI is InChI=1S/C21H26N2O3/c1-4-14-22-19(24)21(2,3)20(25)23-17-10-12-18(13-11-17)26-15-16-8-6-5-7-9-16/h5-13H,4,14-15H2,1-3H3,(H,22,24)(H,23,25). The first-order valence-corrected chi connectivity index (χ1v) is 8.80. The summed E-state index contributed by atoms with van der Waals surface area (Å²) in [6, 6.07) is 17.0. The molecule has 0 bridgehead atoms. The monoisotopic (exact) mass is 354 g/mol. The minimum atomic E-state index is -1.14. The van der Waals surface area contributed by atoms with Crippen LogP contribution in [0.1, 0.15) is 32.8 Å². The first-order valence-electron chi connectivity index (χ1n) is 8.80. The molecule has 2 aromatic carbocycles. The predicted molar refractivity (Wildman–Crippen MR) is 103 cm³/mol. The first kappa shape index (κ1) is 19.5. The van der Waals surface area contributed by atoms with Crippen LogP contribution in [0.3, 0.4) is 0 Å². The minimum Gasteiger partial charge on any atom is -0.489 e. The highest BCUT2D eigenvalue weighted by Crippen LogP contribution is 2.21. The lowest BCUT2D eigenvalue weighted by atomic mass is 9.91. The van der Waals surface area contributed by atoms with Crippen molar-refractivity contribution in [3.63, 3.8) is 0 Å². The third kappa shape index (κ3) is 5.34. The molecule has 5 nitrogen and oxygen atoms in total. The second-order valence-corrected chi connectivity index (χ2v) is 6.63. The van der Waals surface area contributed by atoms with Crippen molar-refractivity contribution in [1.29, 1.82) is 0 Å². The molecule has 0 unspecified atom stereocenters. The van der Waals surface area contributed by atoms with E-state index in [-0.39, 0.29) is 11.8 Å². The molecule has 0 aliphatic carbocycles. The van der Waals surface area contributed by atoms with Gasteiger partial charge in [-0.15, -0.1) is 0 Å². The number of anilines is 1. The molecule has 0 atom stereocenters. The SMILES string of the molecule is CCCNC(=O)C(C)(C)C(=O)Nc1ccc(OCc2ccccc2)cc1. The van der Waals surface area contributed by atoms with Crippen LogP contribution in [-0.2, 0) is 16.2 Å². The van der Waals surface area contributed by atoms with Gasteiger partial charge in [-0.25, -0.2) is 0 Å². The third-order valence-electron chi connectivity index (χ3n) is 4.03. The topological polar surface area (TPSA) is 67.4 Å². The van der Waals surface area contributed by atoms with Crippen LogP contribution in [0.4, 0.5) is 5.69 Å². The Morgan fingerprint density at radius 3 is 2.23 bits per heavy atom. The van der Waals surface area contributed by atoms with E-state index in [1.54, 1.807) is 38.1 Å². The third-order valence-corrected chi connectivity index (χ3v) is 4.03. The Morgan fingerprint density at radius 1 is 0.962 bits per heavy atom. The fourth-order valence-corrected chi connectivity index (χ4v) is 2.23. The molecule has 0 fully saturated rings. The summed E-state index contributed by atoms with van der Waals surface area (Å²) < 4.78 is 5.72. The Balaban J connectivity index is 1.91. The number of rotatable bonds is 8. The quantitative estimate of drug-likeness (QED) is 0.709. The smallest absolute Gasteiger partial charge is 0.239 e. The average Bonchev–Trinajstić information content (AvgIpc) is 2.66. The molecule has 0 heterocycles. The van der Waals surface area contributed by atoms with Crippen molar-refractivity contribution >= 4 is 17.5 Å². The van der Waals surface area contributed by atoms with Crippen molar-refractivity contribution in [3.8, 4) is 5.75 Å². The van der Waals surface area contributed by atoms with Crippen molar-refractivity contribution < 1.29 is 14.3 Å². The maximum Gasteiger partial charge on any atom is 0.239 e. The van der Waals surface area contributed by atoms with Gasteiger partial charge in [0.05, 0.1) is 0 Å². The Hall–Kier alpha value is -2.82. The molecule has 26 heavy (non-hydrogen) atoms. The van der Waals surface area contributed by atoms with E-state index in [1.807, 2.05) is 37.3 Å². The predicted octanol–water partition coefficient (Wildman–Crippen LogP) is 3.76. The van der Waals surface area contributed by atoms with E-state index in [1.165, 1.54) is 0 Å². The van der Waals surface area contributed by atoms with E-state index in [0.29, 0.717) is 24.6 Å². The summed E-state index contributed by atoms with van der Waals surface area (Å²) in [6.07, 6.45) is 0.827. The zero-order valence-corrected chi connectivity index (χ0v) is 15.5. The van der Waals surface area contributed by atoms with Crippen molar-refractivity contribution in [1.82, 2.24) is 5.32 Å². The summed E-state index contributed by atoms with van der Waals surface area (Å²) in [5.74, 6) is 0.0931. The van der Waals surface area contributed by atoms with Gasteiger partial charge < -0.3 is 15.4 Å².